The van der Waals surface area contributed by atoms with Crippen molar-refractivity contribution in [1.82, 2.24) is 10.3 Å². The van der Waals surface area contributed by atoms with Crippen LogP contribution in [0.1, 0.15) is 27.9 Å². The van der Waals surface area contributed by atoms with Crippen LogP contribution in [0.4, 0.5) is 20.0 Å². The molecule has 1 saturated heterocycles. The van der Waals surface area contributed by atoms with Gasteiger partial charge in [0, 0.05) is 18.8 Å². The van der Waals surface area contributed by atoms with Crippen molar-refractivity contribution in [2.75, 3.05) is 16.3 Å². The molecule has 3 aromatic rings. The molecule has 1 aliphatic rings. The quantitative estimate of drug-likeness (QED) is 0.662. The zero-order valence-electron chi connectivity index (χ0n) is 16.6. The molecule has 3 amide bonds. The van der Waals surface area contributed by atoms with Crippen LogP contribution in [0.3, 0.4) is 0 Å². The predicted molar refractivity (Wildman–Crippen MR) is 116 cm³/mol. The molecule has 0 radical (unpaired) electrons. The fourth-order valence-electron chi connectivity index (χ4n) is 3.40. The number of carbonyl (C=O) groups is 2. The highest BCUT2D eigenvalue weighted by Gasteiger charge is 2.38. The normalized spacial score (nSPS) is 16.2. The fraction of sp³-hybridized carbons (Fsp3) is 0.227. The van der Waals surface area contributed by atoms with Crippen molar-refractivity contribution in [3.8, 4) is 0 Å². The average molecular weight is 425 g/mol. The Balaban J connectivity index is 1.51. The SMILES string of the molecule is Cc1nc(N2C(=O)N(c3ccc(F)cc3)CC2C)sc1C(=O)NCc1ccccc1. The van der Waals surface area contributed by atoms with Crippen LogP contribution in [-0.4, -0.2) is 29.5 Å². The lowest BCUT2D eigenvalue weighted by atomic mass is 10.2. The number of aromatic nitrogens is 1. The van der Waals surface area contributed by atoms with E-state index in [2.05, 4.69) is 10.3 Å². The number of carbonyl (C=O) groups excluding carboxylic acids is 2. The molecule has 1 aromatic heterocycles. The number of hydrogen-bond donors (Lipinski definition) is 1. The van der Waals surface area contributed by atoms with E-state index in [9.17, 15) is 14.0 Å². The van der Waals surface area contributed by atoms with Gasteiger partial charge in [0.25, 0.3) is 5.91 Å². The first-order valence-corrected chi connectivity index (χ1v) is 10.4. The van der Waals surface area contributed by atoms with Crippen molar-refractivity contribution in [2.24, 2.45) is 0 Å². The summed E-state index contributed by atoms with van der Waals surface area (Å²) in [6.07, 6.45) is 0. The van der Waals surface area contributed by atoms with Crippen LogP contribution in [0.15, 0.2) is 54.6 Å². The first-order chi connectivity index (χ1) is 14.4. The summed E-state index contributed by atoms with van der Waals surface area (Å²) in [6, 6.07) is 15.1. The van der Waals surface area contributed by atoms with Gasteiger partial charge in [-0.3, -0.25) is 14.6 Å². The highest BCUT2D eigenvalue weighted by Crippen LogP contribution is 2.33. The van der Waals surface area contributed by atoms with Gasteiger partial charge in [-0.15, -0.1) is 0 Å². The molecule has 1 fully saturated rings. The van der Waals surface area contributed by atoms with Crippen molar-refractivity contribution in [3.63, 3.8) is 0 Å². The summed E-state index contributed by atoms with van der Waals surface area (Å²) < 4.78 is 13.2. The summed E-state index contributed by atoms with van der Waals surface area (Å²) in [5.74, 6) is -0.563. The lowest BCUT2D eigenvalue weighted by Crippen LogP contribution is -2.33. The van der Waals surface area contributed by atoms with Crippen molar-refractivity contribution in [3.05, 3.63) is 76.5 Å². The molecule has 1 unspecified atom stereocenters. The van der Waals surface area contributed by atoms with Crippen LogP contribution in [0.5, 0.6) is 0 Å². The second-order valence-electron chi connectivity index (χ2n) is 7.17. The summed E-state index contributed by atoms with van der Waals surface area (Å²) in [6.45, 7) is 4.57. The van der Waals surface area contributed by atoms with E-state index in [-0.39, 0.29) is 23.8 Å². The van der Waals surface area contributed by atoms with Gasteiger partial charge in [-0.1, -0.05) is 41.7 Å². The minimum Gasteiger partial charge on any atom is -0.347 e. The van der Waals surface area contributed by atoms with Crippen molar-refractivity contribution in [1.29, 1.82) is 0 Å². The van der Waals surface area contributed by atoms with Gasteiger partial charge in [-0.2, -0.15) is 0 Å². The van der Waals surface area contributed by atoms with Gasteiger partial charge in [-0.05, 0) is 43.7 Å². The summed E-state index contributed by atoms with van der Waals surface area (Å²) in [5.41, 5.74) is 2.22. The van der Waals surface area contributed by atoms with Gasteiger partial charge in [0.15, 0.2) is 5.13 Å². The summed E-state index contributed by atoms with van der Waals surface area (Å²) in [4.78, 5) is 33.8. The van der Waals surface area contributed by atoms with Crippen molar-refractivity contribution >= 4 is 34.1 Å². The molecule has 2 heterocycles. The third-order valence-corrected chi connectivity index (χ3v) is 6.11. The zero-order chi connectivity index (χ0) is 21.3. The third kappa shape index (κ3) is 3.91. The Hall–Kier alpha value is -3.26. The smallest absolute Gasteiger partial charge is 0.331 e. The molecule has 0 bridgehead atoms. The molecule has 1 atom stereocenters. The molecule has 0 aliphatic carbocycles. The van der Waals surface area contributed by atoms with Gasteiger partial charge in [-0.25, -0.2) is 14.2 Å². The number of anilines is 2. The van der Waals surface area contributed by atoms with E-state index < -0.39 is 0 Å². The van der Waals surface area contributed by atoms with Crippen LogP contribution < -0.4 is 15.1 Å². The zero-order valence-corrected chi connectivity index (χ0v) is 17.4. The molecule has 0 saturated carbocycles. The molecule has 6 nitrogen and oxygen atoms in total. The fourth-order valence-corrected chi connectivity index (χ4v) is 4.48. The third-order valence-electron chi connectivity index (χ3n) is 4.96. The van der Waals surface area contributed by atoms with E-state index >= 15 is 0 Å². The van der Waals surface area contributed by atoms with Gasteiger partial charge >= 0.3 is 6.03 Å². The minimum atomic E-state index is -0.350. The maximum absolute atomic E-state index is 13.2. The van der Waals surface area contributed by atoms with E-state index in [1.807, 2.05) is 37.3 Å². The first-order valence-electron chi connectivity index (χ1n) is 9.60. The Morgan fingerprint density at radius 2 is 1.90 bits per heavy atom. The number of amides is 3. The Labute approximate surface area is 178 Å². The molecule has 4 rings (SSSR count). The predicted octanol–water partition coefficient (Wildman–Crippen LogP) is 4.36. The van der Waals surface area contributed by atoms with Gasteiger partial charge in [0.1, 0.15) is 10.7 Å². The molecular formula is C22H21FN4O2S. The largest absolute Gasteiger partial charge is 0.347 e. The van der Waals surface area contributed by atoms with Gasteiger partial charge in [0.2, 0.25) is 0 Å². The van der Waals surface area contributed by atoms with Crippen molar-refractivity contribution in [2.45, 2.75) is 26.4 Å². The number of nitrogens with one attached hydrogen (secondary N) is 1. The van der Waals surface area contributed by atoms with E-state index in [1.165, 1.54) is 23.5 Å². The maximum atomic E-state index is 13.2. The van der Waals surface area contributed by atoms with E-state index in [1.54, 1.807) is 28.9 Å². The topological polar surface area (TPSA) is 65.5 Å². The Morgan fingerprint density at radius 3 is 2.60 bits per heavy atom. The molecule has 154 valence electrons. The monoisotopic (exact) mass is 424 g/mol. The number of urea groups is 1. The highest BCUT2D eigenvalue weighted by atomic mass is 32.1. The standard InChI is InChI=1S/C22H21FN4O2S/c1-14-13-26(18-10-8-17(23)9-11-18)22(29)27(14)21-25-15(2)19(30-21)20(28)24-12-16-6-4-3-5-7-16/h3-11,14H,12-13H2,1-2H3,(H,24,28). The van der Waals surface area contributed by atoms with Crippen LogP contribution >= 0.6 is 11.3 Å². The Bertz CT molecular complexity index is 1070. The molecule has 30 heavy (non-hydrogen) atoms. The number of nitrogens with zero attached hydrogens (tertiary/aromatic N) is 3. The van der Waals surface area contributed by atoms with Crippen LogP contribution in [0, 0.1) is 12.7 Å². The van der Waals surface area contributed by atoms with E-state index in [0.29, 0.717) is 34.5 Å². The second-order valence-corrected chi connectivity index (χ2v) is 8.15. The number of rotatable bonds is 5. The molecule has 1 aliphatic heterocycles. The highest BCUT2D eigenvalue weighted by molar-refractivity contribution is 7.17. The van der Waals surface area contributed by atoms with Crippen LogP contribution in [-0.2, 0) is 6.54 Å². The lowest BCUT2D eigenvalue weighted by Gasteiger charge is -2.17. The number of halogens is 1. The second kappa shape index (κ2) is 8.23. The number of hydrogen-bond acceptors (Lipinski definition) is 4. The van der Waals surface area contributed by atoms with Gasteiger partial charge in [0.05, 0.1) is 11.7 Å². The molecular weight excluding hydrogens is 403 g/mol. The summed E-state index contributed by atoms with van der Waals surface area (Å²) >= 11 is 1.20. The Morgan fingerprint density at radius 1 is 1.20 bits per heavy atom. The number of aryl methyl sites for hydroxylation is 1. The molecule has 2 aromatic carbocycles. The Kier molecular flexibility index (Phi) is 5.50. The summed E-state index contributed by atoms with van der Waals surface area (Å²) in [5, 5.41) is 3.39. The van der Waals surface area contributed by atoms with Gasteiger partial charge < -0.3 is 5.32 Å². The minimum absolute atomic E-state index is 0.131. The molecule has 1 N–H and O–H groups in total. The first kappa shape index (κ1) is 20.0. The average Bonchev–Trinajstić information content (AvgIpc) is 3.26. The van der Waals surface area contributed by atoms with E-state index in [4.69, 9.17) is 0 Å². The number of benzene rings is 2. The maximum Gasteiger partial charge on any atom is 0.331 e. The van der Waals surface area contributed by atoms with Crippen molar-refractivity contribution < 1.29 is 14.0 Å². The van der Waals surface area contributed by atoms with E-state index in [0.717, 1.165) is 5.56 Å². The number of thiazole rings is 1. The van der Waals surface area contributed by atoms with Crippen LogP contribution in [0.25, 0.3) is 0 Å². The van der Waals surface area contributed by atoms with Crippen LogP contribution in [0.2, 0.25) is 0 Å². The molecule has 0 spiro atoms. The summed E-state index contributed by atoms with van der Waals surface area (Å²) in [7, 11) is 0. The molecule has 8 heteroatoms. The lowest BCUT2D eigenvalue weighted by molar-refractivity contribution is 0.0954.